The minimum absolute atomic E-state index is 0.194. The Morgan fingerprint density at radius 1 is 0.931 bits per heavy atom. The molecule has 0 unspecified atom stereocenters. The molecule has 0 saturated heterocycles. The predicted octanol–water partition coefficient (Wildman–Crippen LogP) is 3.68. The number of nitrogens with zero attached hydrogens (tertiary/aromatic N) is 1. The third-order valence-corrected chi connectivity index (χ3v) is 4.48. The van der Waals surface area contributed by atoms with E-state index in [1.807, 2.05) is 42.5 Å². The maximum Gasteiger partial charge on any atom is 0.269 e. The van der Waals surface area contributed by atoms with Crippen molar-refractivity contribution in [1.29, 1.82) is 0 Å². The molecule has 0 aliphatic rings. The highest BCUT2D eigenvalue weighted by Crippen LogP contribution is 2.27. The van der Waals surface area contributed by atoms with Crippen LogP contribution in [-0.4, -0.2) is 31.7 Å². The van der Waals surface area contributed by atoms with Crippen LogP contribution in [0.15, 0.2) is 66.9 Å². The van der Waals surface area contributed by atoms with Crippen LogP contribution in [0.1, 0.15) is 21.6 Å². The molecule has 1 amide bonds. The van der Waals surface area contributed by atoms with E-state index in [9.17, 15) is 4.79 Å². The zero-order valence-corrected chi connectivity index (χ0v) is 16.6. The zero-order valence-electron chi connectivity index (χ0n) is 16.6. The van der Waals surface area contributed by atoms with Gasteiger partial charge in [0.2, 0.25) is 0 Å². The molecule has 6 nitrogen and oxygen atoms in total. The zero-order chi connectivity index (χ0) is 20.5. The van der Waals surface area contributed by atoms with E-state index in [4.69, 9.17) is 9.47 Å². The molecule has 1 heterocycles. The van der Waals surface area contributed by atoms with Gasteiger partial charge in [-0.25, -0.2) is 4.98 Å². The monoisotopic (exact) mass is 391 g/mol. The van der Waals surface area contributed by atoms with Crippen LogP contribution in [0, 0.1) is 0 Å². The number of hydrogen-bond acceptors (Lipinski definition) is 5. The Labute approximate surface area is 170 Å². The number of nitrogens with one attached hydrogen (secondary N) is 2. The first-order valence-electron chi connectivity index (χ1n) is 9.42. The first-order valence-corrected chi connectivity index (χ1v) is 9.42. The Hall–Kier alpha value is -3.54. The molecular weight excluding hydrogens is 366 g/mol. The van der Waals surface area contributed by atoms with E-state index in [0.29, 0.717) is 36.7 Å². The summed E-state index contributed by atoms with van der Waals surface area (Å²) in [4.78, 5) is 16.6. The molecule has 150 valence electrons. The molecule has 0 atom stereocenters. The van der Waals surface area contributed by atoms with Crippen LogP contribution < -0.4 is 20.1 Å². The Morgan fingerprint density at radius 3 is 2.41 bits per heavy atom. The van der Waals surface area contributed by atoms with Gasteiger partial charge in [-0.1, -0.05) is 36.4 Å². The van der Waals surface area contributed by atoms with Gasteiger partial charge in [-0.3, -0.25) is 4.79 Å². The summed E-state index contributed by atoms with van der Waals surface area (Å²) in [5.41, 5.74) is 3.50. The summed E-state index contributed by atoms with van der Waals surface area (Å²) >= 11 is 0. The average Bonchev–Trinajstić information content (AvgIpc) is 2.78. The van der Waals surface area contributed by atoms with Crippen molar-refractivity contribution >= 4 is 11.6 Å². The maximum absolute atomic E-state index is 12.3. The van der Waals surface area contributed by atoms with Gasteiger partial charge in [0, 0.05) is 13.1 Å². The number of amides is 1. The topological polar surface area (TPSA) is 72.5 Å². The fourth-order valence-corrected chi connectivity index (χ4v) is 2.88. The number of methoxy groups -OCH3 is 2. The smallest absolute Gasteiger partial charge is 0.269 e. The highest BCUT2D eigenvalue weighted by Gasteiger charge is 2.08. The summed E-state index contributed by atoms with van der Waals surface area (Å²) in [5.74, 6) is 1.17. The molecule has 0 fully saturated rings. The number of hydrogen-bond donors (Lipinski definition) is 2. The largest absolute Gasteiger partial charge is 0.493 e. The number of benzene rings is 2. The van der Waals surface area contributed by atoms with E-state index in [2.05, 4.69) is 27.8 Å². The number of ether oxygens (including phenoxy) is 2. The van der Waals surface area contributed by atoms with Gasteiger partial charge < -0.3 is 20.1 Å². The van der Waals surface area contributed by atoms with Crippen LogP contribution in [-0.2, 0) is 13.0 Å². The summed E-state index contributed by atoms with van der Waals surface area (Å²) in [6.07, 6.45) is 2.36. The Morgan fingerprint density at radius 2 is 1.72 bits per heavy atom. The fraction of sp³-hybridized carbons (Fsp3) is 0.217. The molecular formula is C23H25N3O3. The second kappa shape index (κ2) is 10.1. The summed E-state index contributed by atoms with van der Waals surface area (Å²) in [6, 6.07) is 19.4. The molecule has 29 heavy (non-hydrogen) atoms. The van der Waals surface area contributed by atoms with Gasteiger partial charge in [-0.15, -0.1) is 0 Å². The summed E-state index contributed by atoms with van der Waals surface area (Å²) < 4.78 is 10.5. The van der Waals surface area contributed by atoms with Gasteiger partial charge in [-0.05, 0) is 41.8 Å². The van der Waals surface area contributed by atoms with Gasteiger partial charge in [0.1, 0.15) is 5.69 Å². The summed E-state index contributed by atoms with van der Waals surface area (Å²) in [6.45, 7) is 1.21. The Kier molecular flexibility index (Phi) is 7.05. The van der Waals surface area contributed by atoms with E-state index in [1.54, 1.807) is 26.5 Å². The molecule has 3 rings (SSSR count). The van der Waals surface area contributed by atoms with Crippen LogP contribution in [0.2, 0.25) is 0 Å². The summed E-state index contributed by atoms with van der Waals surface area (Å²) in [7, 11) is 3.21. The molecule has 3 aromatic rings. The van der Waals surface area contributed by atoms with Crippen LogP contribution >= 0.6 is 0 Å². The first kappa shape index (κ1) is 20.2. The van der Waals surface area contributed by atoms with Crippen molar-refractivity contribution in [2.75, 3.05) is 26.1 Å². The van der Waals surface area contributed by atoms with Crippen LogP contribution in [0.5, 0.6) is 11.5 Å². The lowest BCUT2D eigenvalue weighted by Crippen LogP contribution is -2.26. The van der Waals surface area contributed by atoms with Crippen LogP contribution in [0.4, 0.5) is 5.69 Å². The molecule has 0 spiro atoms. The van der Waals surface area contributed by atoms with Crippen molar-refractivity contribution in [2.24, 2.45) is 0 Å². The lowest BCUT2D eigenvalue weighted by Gasteiger charge is -2.10. The standard InChI is InChI=1S/C23H25N3O3/c1-28-21-11-8-17(14-22(21)29-2)12-13-24-23(27)20-10-9-19(16-26-20)25-15-18-6-4-3-5-7-18/h3-11,14,16,25H,12-13,15H2,1-2H3,(H,24,27). The second-order valence-electron chi connectivity index (χ2n) is 6.47. The minimum Gasteiger partial charge on any atom is -0.493 e. The van der Waals surface area contributed by atoms with E-state index in [1.165, 1.54) is 5.56 Å². The van der Waals surface area contributed by atoms with E-state index in [-0.39, 0.29) is 5.91 Å². The predicted molar refractivity (Wildman–Crippen MR) is 114 cm³/mol. The number of rotatable bonds is 9. The van der Waals surface area contributed by atoms with Crippen molar-refractivity contribution in [1.82, 2.24) is 10.3 Å². The molecule has 2 N–H and O–H groups in total. The fourth-order valence-electron chi connectivity index (χ4n) is 2.88. The van der Waals surface area contributed by atoms with Crippen LogP contribution in [0.3, 0.4) is 0 Å². The SMILES string of the molecule is COc1ccc(CCNC(=O)c2ccc(NCc3ccccc3)cn2)cc1OC. The van der Waals surface area contributed by atoms with Gasteiger partial charge in [0.25, 0.3) is 5.91 Å². The Balaban J connectivity index is 1.48. The normalized spacial score (nSPS) is 10.3. The van der Waals surface area contributed by atoms with Gasteiger partial charge in [-0.2, -0.15) is 0 Å². The third-order valence-electron chi connectivity index (χ3n) is 4.48. The first-order chi connectivity index (χ1) is 14.2. The lowest BCUT2D eigenvalue weighted by atomic mass is 10.1. The highest BCUT2D eigenvalue weighted by atomic mass is 16.5. The number of carbonyl (C=O) groups is 1. The number of aromatic nitrogens is 1. The third kappa shape index (κ3) is 5.72. The molecule has 0 aliphatic heterocycles. The molecule has 0 aliphatic carbocycles. The maximum atomic E-state index is 12.3. The molecule has 2 aromatic carbocycles. The molecule has 0 radical (unpaired) electrons. The van der Waals surface area contributed by atoms with Gasteiger partial charge in [0.15, 0.2) is 11.5 Å². The quantitative estimate of drug-likeness (QED) is 0.582. The number of anilines is 1. The van der Waals surface area contributed by atoms with E-state index >= 15 is 0 Å². The molecule has 0 bridgehead atoms. The van der Waals surface area contributed by atoms with E-state index in [0.717, 1.165) is 11.3 Å². The van der Waals surface area contributed by atoms with E-state index < -0.39 is 0 Å². The van der Waals surface area contributed by atoms with Crippen molar-refractivity contribution in [3.05, 3.63) is 83.7 Å². The van der Waals surface area contributed by atoms with Crippen molar-refractivity contribution < 1.29 is 14.3 Å². The number of carbonyl (C=O) groups excluding carboxylic acids is 1. The highest BCUT2D eigenvalue weighted by molar-refractivity contribution is 5.92. The molecule has 6 heteroatoms. The Bertz CT molecular complexity index is 928. The van der Waals surface area contributed by atoms with Crippen molar-refractivity contribution in [3.8, 4) is 11.5 Å². The lowest BCUT2D eigenvalue weighted by molar-refractivity contribution is 0.0949. The number of pyridine rings is 1. The van der Waals surface area contributed by atoms with Crippen molar-refractivity contribution in [2.45, 2.75) is 13.0 Å². The molecule has 0 saturated carbocycles. The van der Waals surface area contributed by atoms with Gasteiger partial charge in [0.05, 0.1) is 26.1 Å². The second-order valence-corrected chi connectivity index (χ2v) is 6.47. The molecule has 1 aromatic heterocycles. The minimum atomic E-state index is -0.194. The summed E-state index contributed by atoms with van der Waals surface area (Å²) in [5, 5.41) is 6.19. The average molecular weight is 391 g/mol. The van der Waals surface area contributed by atoms with Gasteiger partial charge >= 0.3 is 0 Å². The van der Waals surface area contributed by atoms with Crippen molar-refractivity contribution in [3.63, 3.8) is 0 Å². The van der Waals surface area contributed by atoms with Crippen LogP contribution in [0.25, 0.3) is 0 Å².